The average molecular weight is 216 g/mol. The van der Waals surface area contributed by atoms with Crippen LogP contribution in [0.15, 0.2) is 24.3 Å². The molecule has 0 aliphatic heterocycles. The molecule has 0 bridgehead atoms. The molecule has 0 nitrogen and oxygen atoms in total. The highest BCUT2D eigenvalue weighted by Crippen LogP contribution is 2.59. The van der Waals surface area contributed by atoms with Crippen LogP contribution in [-0.4, -0.2) is 0 Å². The third-order valence-corrected chi connectivity index (χ3v) is 4.32. The number of rotatable bonds is 2. The molecule has 0 heterocycles. The van der Waals surface area contributed by atoms with Gasteiger partial charge >= 0.3 is 0 Å². The number of hydrogen-bond acceptors (Lipinski definition) is 0. The first-order chi connectivity index (χ1) is 7.37. The van der Waals surface area contributed by atoms with Gasteiger partial charge in [0.05, 0.1) is 0 Å². The fraction of sp³-hybridized carbons (Fsp3) is 0.625. The minimum atomic E-state index is 0.395. The van der Waals surface area contributed by atoms with E-state index in [1.807, 2.05) is 0 Å². The Kier molecular flexibility index (Phi) is 2.64. The van der Waals surface area contributed by atoms with Crippen LogP contribution in [0.5, 0.6) is 0 Å². The molecule has 0 aromatic heterocycles. The van der Waals surface area contributed by atoms with Crippen LogP contribution in [0.1, 0.15) is 64.5 Å². The van der Waals surface area contributed by atoms with E-state index in [0.717, 1.165) is 0 Å². The van der Waals surface area contributed by atoms with Gasteiger partial charge in [-0.3, -0.25) is 0 Å². The van der Waals surface area contributed by atoms with E-state index in [9.17, 15) is 0 Å². The Balaban J connectivity index is 2.29. The van der Waals surface area contributed by atoms with Crippen molar-refractivity contribution in [2.24, 2.45) is 5.41 Å². The van der Waals surface area contributed by atoms with E-state index in [1.54, 1.807) is 5.56 Å². The summed E-state index contributed by atoms with van der Waals surface area (Å²) in [6, 6.07) is 9.33. The van der Waals surface area contributed by atoms with Crippen molar-refractivity contribution in [1.82, 2.24) is 0 Å². The van der Waals surface area contributed by atoms with Gasteiger partial charge in [0.25, 0.3) is 0 Å². The number of hydrogen-bond donors (Lipinski definition) is 0. The maximum Gasteiger partial charge on any atom is 0.000213 e. The Bertz CT molecular complexity index is 358. The van der Waals surface area contributed by atoms with Gasteiger partial charge < -0.3 is 0 Å². The molecule has 16 heavy (non-hydrogen) atoms. The monoisotopic (exact) mass is 216 g/mol. The molecule has 1 aromatic carbocycles. The van der Waals surface area contributed by atoms with E-state index in [4.69, 9.17) is 0 Å². The van der Waals surface area contributed by atoms with Crippen molar-refractivity contribution in [1.29, 1.82) is 0 Å². The third kappa shape index (κ3) is 1.79. The molecule has 0 N–H and O–H groups in total. The Labute approximate surface area is 100 Å². The lowest BCUT2D eigenvalue weighted by atomic mass is 9.73. The van der Waals surface area contributed by atoms with Crippen LogP contribution < -0.4 is 0 Å². The minimum absolute atomic E-state index is 0.395. The normalized spacial score (nSPS) is 18.9. The zero-order valence-electron chi connectivity index (χ0n) is 11.3. The zero-order chi connectivity index (χ0) is 12.0. The first-order valence-electron chi connectivity index (χ1n) is 6.47. The molecule has 0 spiro atoms. The second kappa shape index (κ2) is 3.61. The summed E-state index contributed by atoms with van der Waals surface area (Å²) in [4.78, 5) is 0. The first kappa shape index (κ1) is 11.7. The molecule has 0 heteroatoms. The van der Waals surface area contributed by atoms with Gasteiger partial charge in [0.15, 0.2) is 0 Å². The highest BCUT2D eigenvalue weighted by atomic mass is 14.6. The van der Waals surface area contributed by atoms with Crippen LogP contribution in [0.2, 0.25) is 0 Å². The lowest BCUT2D eigenvalue weighted by Gasteiger charge is -2.31. The van der Waals surface area contributed by atoms with Crippen LogP contribution in [0.25, 0.3) is 0 Å². The second-order valence-electron chi connectivity index (χ2n) is 6.61. The summed E-state index contributed by atoms with van der Waals surface area (Å²) < 4.78 is 0. The Morgan fingerprint density at radius 2 is 1.50 bits per heavy atom. The van der Waals surface area contributed by atoms with Gasteiger partial charge in [-0.05, 0) is 35.3 Å². The standard InChI is InChI=1S/C16H24/c1-12(2)13-6-8-14(9-7-13)16(10-11-16)15(3,4)5/h6-9,12H,10-11H2,1-5H3. The molecule has 2 rings (SSSR count). The Morgan fingerprint density at radius 3 is 1.81 bits per heavy atom. The Hall–Kier alpha value is -0.780. The Morgan fingerprint density at radius 1 is 1.00 bits per heavy atom. The van der Waals surface area contributed by atoms with Gasteiger partial charge in [0.1, 0.15) is 0 Å². The van der Waals surface area contributed by atoms with Crippen molar-refractivity contribution in [3.63, 3.8) is 0 Å². The molecule has 1 fully saturated rings. The van der Waals surface area contributed by atoms with Gasteiger partial charge in [0.2, 0.25) is 0 Å². The predicted octanol–water partition coefficient (Wildman–Crippen LogP) is 4.89. The van der Waals surface area contributed by atoms with Crippen molar-refractivity contribution in [3.05, 3.63) is 35.4 Å². The number of benzene rings is 1. The minimum Gasteiger partial charge on any atom is -0.0593 e. The van der Waals surface area contributed by atoms with Crippen molar-refractivity contribution < 1.29 is 0 Å². The van der Waals surface area contributed by atoms with E-state index in [2.05, 4.69) is 58.9 Å². The van der Waals surface area contributed by atoms with Gasteiger partial charge in [-0.25, -0.2) is 0 Å². The van der Waals surface area contributed by atoms with Gasteiger partial charge in [0, 0.05) is 5.41 Å². The fourth-order valence-corrected chi connectivity index (χ4v) is 2.78. The van der Waals surface area contributed by atoms with Crippen molar-refractivity contribution in [2.75, 3.05) is 0 Å². The van der Waals surface area contributed by atoms with E-state index >= 15 is 0 Å². The summed E-state index contributed by atoms with van der Waals surface area (Å²) in [7, 11) is 0. The third-order valence-electron chi connectivity index (χ3n) is 4.32. The van der Waals surface area contributed by atoms with Crippen LogP contribution in [0.3, 0.4) is 0 Å². The van der Waals surface area contributed by atoms with Gasteiger partial charge in [-0.1, -0.05) is 58.9 Å². The molecule has 1 aliphatic rings. The zero-order valence-corrected chi connectivity index (χ0v) is 11.3. The molecule has 0 saturated heterocycles. The van der Waals surface area contributed by atoms with Crippen molar-refractivity contribution in [2.45, 2.75) is 58.8 Å². The maximum atomic E-state index is 2.37. The van der Waals surface area contributed by atoms with Crippen molar-refractivity contribution in [3.8, 4) is 0 Å². The lowest BCUT2D eigenvalue weighted by molar-refractivity contribution is 0.299. The smallest absolute Gasteiger partial charge is 0.000213 e. The molecule has 0 amide bonds. The highest BCUT2D eigenvalue weighted by molar-refractivity contribution is 5.36. The summed E-state index contributed by atoms with van der Waals surface area (Å²) >= 11 is 0. The molecule has 1 saturated carbocycles. The maximum absolute atomic E-state index is 2.37. The quantitative estimate of drug-likeness (QED) is 0.660. The molecule has 0 atom stereocenters. The molecule has 1 aromatic rings. The summed E-state index contributed by atoms with van der Waals surface area (Å²) in [6.07, 6.45) is 2.72. The van der Waals surface area contributed by atoms with Crippen LogP contribution >= 0.6 is 0 Å². The van der Waals surface area contributed by atoms with E-state index < -0.39 is 0 Å². The molecule has 0 radical (unpaired) electrons. The molecular formula is C16H24. The molecular weight excluding hydrogens is 192 g/mol. The largest absolute Gasteiger partial charge is 0.0593 e. The van der Waals surface area contributed by atoms with Gasteiger partial charge in [-0.15, -0.1) is 0 Å². The summed E-state index contributed by atoms with van der Waals surface area (Å²) in [5.41, 5.74) is 3.85. The van der Waals surface area contributed by atoms with E-state index in [0.29, 0.717) is 16.7 Å². The topological polar surface area (TPSA) is 0 Å². The first-order valence-corrected chi connectivity index (χ1v) is 6.47. The summed E-state index contributed by atoms with van der Waals surface area (Å²) in [5, 5.41) is 0. The predicted molar refractivity (Wildman–Crippen MR) is 70.9 cm³/mol. The molecule has 88 valence electrons. The van der Waals surface area contributed by atoms with E-state index in [-0.39, 0.29) is 0 Å². The SMILES string of the molecule is CC(C)c1ccc(C2(C(C)(C)C)CC2)cc1. The van der Waals surface area contributed by atoms with Crippen LogP contribution in [-0.2, 0) is 5.41 Å². The van der Waals surface area contributed by atoms with Gasteiger partial charge in [-0.2, -0.15) is 0 Å². The molecule has 1 aliphatic carbocycles. The van der Waals surface area contributed by atoms with Crippen LogP contribution in [0, 0.1) is 5.41 Å². The average Bonchev–Trinajstić information content (AvgIpc) is 2.97. The molecule has 0 unspecified atom stereocenters. The van der Waals surface area contributed by atoms with E-state index in [1.165, 1.54) is 18.4 Å². The lowest BCUT2D eigenvalue weighted by Crippen LogP contribution is -2.26. The second-order valence-corrected chi connectivity index (χ2v) is 6.61. The summed E-state index contributed by atoms with van der Waals surface area (Å²) in [6.45, 7) is 11.6. The van der Waals surface area contributed by atoms with Crippen molar-refractivity contribution >= 4 is 0 Å². The summed E-state index contributed by atoms with van der Waals surface area (Å²) in [5.74, 6) is 0.638. The highest BCUT2D eigenvalue weighted by Gasteiger charge is 2.52. The van der Waals surface area contributed by atoms with Crippen LogP contribution in [0.4, 0.5) is 0 Å². The fourth-order valence-electron chi connectivity index (χ4n) is 2.78.